The van der Waals surface area contributed by atoms with Gasteiger partial charge in [0.05, 0.1) is 12.1 Å². The van der Waals surface area contributed by atoms with Crippen molar-refractivity contribution in [1.82, 2.24) is 5.32 Å². The van der Waals surface area contributed by atoms with Gasteiger partial charge < -0.3 is 15.7 Å². The summed E-state index contributed by atoms with van der Waals surface area (Å²) in [4.78, 5) is 24.5. The number of aromatic hydroxyl groups is 1. The molecule has 0 atom stereocenters. The fourth-order valence-corrected chi connectivity index (χ4v) is 3.36. The van der Waals surface area contributed by atoms with Gasteiger partial charge in [0.25, 0.3) is 5.91 Å². The molecule has 0 unspecified atom stereocenters. The molecule has 5 nitrogen and oxygen atoms in total. The third-order valence-electron chi connectivity index (χ3n) is 4.79. The van der Waals surface area contributed by atoms with Crippen LogP contribution in [0.3, 0.4) is 0 Å². The number of anilines is 1. The van der Waals surface area contributed by atoms with Crippen LogP contribution in [0.5, 0.6) is 5.75 Å². The third-order valence-corrected chi connectivity index (χ3v) is 4.79. The standard InChI is InChI=1S/C21H24N2O3/c1-2-14-7-5-6-10-18(14)23-20(25)13-22-21(26)17-11-15-8-3-4-9-16(15)12-19(17)24/h5-7,10-12,24H,2-4,8-9,13H2,1H3,(H,22,26)(H,23,25). The summed E-state index contributed by atoms with van der Waals surface area (Å²) < 4.78 is 0. The van der Waals surface area contributed by atoms with Crippen molar-refractivity contribution in [3.05, 3.63) is 58.7 Å². The molecule has 0 saturated carbocycles. The molecule has 0 aliphatic heterocycles. The van der Waals surface area contributed by atoms with Crippen molar-refractivity contribution in [1.29, 1.82) is 0 Å². The summed E-state index contributed by atoms with van der Waals surface area (Å²) in [7, 11) is 0. The van der Waals surface area contributed by atoms with Crippen LogP contribution in [0, 0.1) is 0 Å². The second kappa shape index (κ2) is 8.04. The van der Waals surface area contributed by atoms with Crippen LogP contribution in [0.1, 0.15) is 46.8 Å². The van der Waals surface area contributed by atoms with Gasteiger partial charge in [0.1, 0.15) is 5.75 Å². The number of fused-ring (bicyclic) bond motifs is 1. The van der Waals surface area contributed by atoms with Crippen molar-refractivity contribution in [2.24, 2.45) is 0 Å². The van der Waals surface area contributed by atoms with Crippen molar-refractivity contribution >= 4 is 17.5 Å². The number of carbonyl (C=O) groups excluding carboxylic acids is 2. The van der Waals surface area contributed by atoms with Gasteiger partial charge in [0.15, 0.2) is 0 Å². The van der Waals surface area contributed by atoms with Gasteiger partial charge in [0, 0.05) is 5.69 Å². The predicted octanol–water partition coefficient (Wildman–Crippen LogP) is 3.20. The molecule has 2 aromatic carbocycles. The Bertz CT molecular complexity index is 830. The first kappa shape index (κ1) is 18.0. The molecule has 1 aliphatic rings. The number of hydrogen-bond acceptors (Lipinski definition) is 3. The molecule has 3 N–H and O–H groups in total. The number of para-hydroxylation sites is 1. The zero-order valence-corrected chi connectivity index (χ0v) is 15.0. The summed E-state index contributed by atoms with van der Waals surface area (Å²) in [6.45, 7) is 1.87. The van der Waals surface area contributed by atoms with E-state index >= 15 is 0 Å². The smallest absolute Gasteiger partial charge is 0.255 e. The number of carbonyl (C=O) groups is 2. The monoisotopic (exact) mass is 352 g/mol. The number of nitrogens with one attached hydrogen (secondary N) is 2. The van der Waals surface area contributed by atoms with Gasteiger partial charge in [-0.15, -0.1) is 0 Å². The molecular formula is C21H24N2O3. The SMILES string of the molecule is CCc1ccccc1NC(=O)CNC(=O)c1cc2c(cc1O)CCCC2. The van der Waals surface area contributed by atoms with Crippen molar-refractivity contribution in [3.8, 4) is 5.75 Å². The molecule has 0 saturated heterocycles. The number of benzene rings is 2. The normalized spacial score (nSPS) is 13.0. The number of rotatable bonds is 5. The lowest BCUT2D eigenvalue weighted by Crippen LogP contribution is -2.33. The fourth-order valence-electron chi connectivity index (χ4n) is 3.36. The zero-order chi connectivity index (χ0) is 18.5. The van der Waals surface area contributed by atoms with Crippen LogP contribution in [-0.4, -0.2) is 23.5 Å². The van der Waals surface area contributed by atoms with Gasteiger partial charge in [-0.2, -0.15) is 0 Å². The Labute approximate surface area is 153 Å². The molecule has 0 spiro atoms. The first-order chi connectivity index (χ1) is 12.6. The number of hydrogen-bond donors (Lipinski definition) is 3. The van der Waals surface area contributed by atoms with Gasteiger partial charge in [-0.05, 0) is 67.0 Å². The van der Waals surface area contributed by atoms with Crippen LogP contribution in [0.2, 0.25) is 0 Å². The molecule has 0 heterocycles. The van der Waals surface area contributed by atoms with E-state index in [1.807, 2.05) is 31.2 Å². The highest BCUT2D eigenvalue weighted by molar-refractivity contribution is 6.01. The number of phenolic OH excluding ortho intramolecular Hbond substituents is 1. The van der Waals surface area contributed by atoms with Crippen LogP contribution in [0.4, 0.5) is 5.69 Å². The Hall–Kier alpha value is -2.82. The highest BCUT2D eigenvalue weighted by Crippen LogP contribution is 2.28. The molecule has 5 heteroatoms. The Kier molecular flexibility index (Phi) is 5.56. The molecule has 26 heavy (non-hydrogen) atoms. The minimum Gasteiger partial charge on any atom is -0.507 e. The lowest BCUT2D eigenvalue weighted by molar-refractivity contribution is -0.115. The summed E-state index contributed by atoms with van der Waals surface area (Å²) >= 11 is 0. The van der Waals surface area contributed by atoms with E-state index in [2.05, 4.69) is 10.6 Å². The topological polar surface area (TPSA) is 78.4 Å². The Morgan fingerprint density at radius 3 is 2.50 bits per heavy atom. The van der Waals surface area contributed by atoms with Crippen LogP contribution in [0.25, 0.3) is 0 Å². The molecule has 136 valence electrons. The van der Waals surface area contributed by atoms with E-state index in [1.54, 1.807) is 12.1 Å². The lowest BCUT2D eigenvalue weighted by Gasteiger charge is -2.17. The zero-order valence-electron chi connectivity index (χ0n) is 15.0. The average Bonchev–Trinajstić information content (AvgIpc) is 2.66. The van der Waals surface area contributed by atoms with E-state index in [4.69, 9.17) is 0 Å². The molecular weight excluding hydrogens is 328 g/mol. The molecule has 0 radical (unpaired) electrons. The van der Waals surface area contributed by atoms with Crippen molar-refractivity contribution in [3.63, 3.8) is 0 Å². The number of aryl methyl sites for hydroxylation is 3. The van der Waals surface area contributed by atoms with E-state index < -0.39 is 5.91 Å². The minimum atomic E-state index is -0.435. The van der Waals surface area contributed by atoms with E-state index in [9.17, 15) is 14.7 Å². The van der Waals surface area contributed by atoms with Crippen molar-refractivity contribution in [2.75, 3.05) is 11.9 Å². The third kappa shape index (κ3) is 4.04. The quantitative estimate of drug-likeness (QED) is 0.773. The maximum Gasteiger partial charge on any atom is 0.255 e. The average molecular weight is 352 g/mol. The Balaban J connectivity index is 1.63. The van der Waals surface area contributed by atoms with Gasteiger partial charge in [-0.25, -0.2) is 0 Å². The summed E-state index contributed by atoms with van der Waals surface area (Å²) in [6, 6.07) is 11.0. The van der Waals surface area contributed by atoms with Crippen LogP contribution < -0.4 is 10.6 Å². The van der Waals surface area contributed by atoms with Crippen molar-refractivity contribution in [2.45, 2.75) is 39.0 Å². The molecule has 3 rings (SSSR count). The van der Waals surface area contributed by atoms with Crippen LogP contribution in [-0.2, 0) is 24.1 Å². The first-order valence-electron chi connectivity index (χ1n) is 9.09. The van der Waals surface area contributed by atoms with Crippen LogP contribution in [0.15, 0.2) is 36.4 Å². The van der Waals surface area contributed by atoms with E-state index in [0.29, 0.717) is 0 Å². The second-order valence-electron chi connectivity index (χ2n) is 6.59. The lowest BCUT2D eigenvalue weighted by atomic mass is 9.90. The predicted molar refractivity (Wildman–Crippen MR) is 102 cm³/mol. The highest BCUT2D eigenvalue weighted by atomic mass is 16.3. The largest absolute Gasteiger partial charge is 0.507 e. The van der Waals surface area contributed by atoms with Gasteiger partial charge in [-0.3, -0.25) is 9.59 Å². The summed E-state index contributed by atoms with van der Waals surface area (Å²) in [5, 5.41) is 15.6. The maximum absolute atomic E-state index is 12.4. The molecule has 2 amide bonds. The molecule has 1 aliphatic carbocycles. The number of amides is 2. The van der Waals surface area contributed by atoms with Gasteiger partial charge in [0.2, 0.25) is 5.91 Å². The summed E-state index contributed by atoms with van der Waals surface area (Å²) in [6.07, 6.45) is 4.87. The summed E-state index contributed by atoms with van der Waals surface area (Å²) in [5.41, 5.74) is 4.25. The summed E-state index contributed by atoms with van der Waals surface area (Å²) in [5.74, 6) is -0.758. The Morgan fingerprint density at radius 2 is 1.77 bits per heavy atom. The molecule has 0 bridgehead atoms. The van der Waals surface area contributed by atoms with Crippen molar-refractivity contribution < 1.29 is 14.7 Å². The van der Waals surface area contributed by atoms with Gasteiger partial charge >= 0.3 is 0 Å². The van der Waals surface area contributed by atoms with E-state index in [-0.39, 0.29) is 23.8 Å². The highest BCUT2D eigenvalue weighted by Gasteiger charge is 2.18. The number of phenols is 1. The fraction of sp³-hybridized carbons (Fsp3) is 0.333. The Morgan fingerprint density at radius 1 is 1.08 bits per heavy atom. The second-order valence-corrected chi connectivity index (χ2v) is 6.59. The van der Waals surface area contributed by atoms with Gasteiger partial charge in [-0.1, -0.05) is 25.1 Å². The molecule has 2 aromatic rings. The van der Waals surface area contributed by atoms with E-state index in [0.717, 1.165) is 54.5 Å². The van der Waals surface area contributed by atoms with Crippen LogP contribution >= 0.6 is 0 Å². The van der Waals surface area contributed by atoms with E-state index in [1.165, 1.54) is 0 Å². The maximum atomic E-state index is 12.4. The molecule has 0 fully saturated rings. The molecule has 0 aromatic heterocycles. The minimum absolute atomic E-state index is 0.0279. The first-order valence-corrected chi connectivity index (χ1v) is 9.09.